The van der Waals surface area contributed by atoms with Crippen molar-refractivity contribution >= 4 is 29.2 Å². The molecule has 9 heteroatoms. The number of amides is 4. The van der Waals surface area contributed by atoms with Crippen molar-refractivity contribution in [2.24, 2.45) is 5.92 Å². The minimum atomic E-state index is -1.02. The zero-order valence-electron chi connectivity index (χ0n) is 19.4. The Balaban J connectivity index is 1.61. The third-order valence-electron chi connectivity index (χ3n) is 5.72. The van der Waals surface area contributed by atoms with Gasteiger partial charge in [-0.05, 0) is 55.2 Å². The van der Waals surface area contributed by atoms with Crippen LogP contribution in [0.2, 0.25) is 0 Å². The van der Waals surface area contributed by atoms with Crippen molar-refractivity contribution in [1.29, 1.82) is 0 Å². The highest BCUT2D eigenvalue weighted by Gasteiger charge is 2.27. The van der Waals surface area contributed by atoms with Gasteiger partial charge in [0, 0.05) is 24.5 Å². The van der Waals surface area contributed by atoms with Crippen LogP contribution in [-0.4, -0.2) is 41.9 Å². The maximum atomic E-state index is 13.9. The predicted molar refractivity (Wildman–Crippen MR) is 127 cm³/mol. The molecule has 1 atom stereocenters. The SMILES string of the molecule is CC(C)[C@H](NC(=O)c1c(F)cccc1F)C(=O)Nc1ccc(NC(=O)N2CCCCCC2)cc1. The van der Waals surface area contributed by atoms with Crippen molar-refractivity contribution in [3.8, 4) is 0 Å². The van der Waals surface area contributed by atoms with Crippen molar-refractivity contribution in [1.82, 2.24) is 10.2 Å². The number of anilines is 2. The van der Waals surface area contributed by atoms with Crippen LogP contribution < -0.4 is 16.0 Å². The zero-order chi connectivity index (χ0) is 24.7. The van der Waals surface area contributed by atoms with E-state index in [4.69, 9.17) is 0 Å². The van der Waals surface area contributed by atoms with Gasteiger partial charge in [0.05, 0.1) is 0 Å². The summed E-state index contributed by atoms with van der Waals surface area (Å²) < 4.78 is 27.9. The van der Waals surface area contributed by atoms with E-state index in [2.05, 4.69) is 16.0 Å². The number of nitrogens with one attached hydrogen (secondary N) is 3. The molecular weight excluding hydrogens is 442 g/mol. The standard InChI is InChI=1S/C25H30F2N4O3/c1-16(2)22(30-23(32)21-19(26)8-7-9-20(21)27)24(33)28-17-10-12-18(13-11-17)29-25(34)31-14-5-3-4-6-15-31/h7-13,16,22H,3-6,14-15H2,1-2H3,(H,28,33)(H,29,34)(H,30,32)/t22-/m0/s1. The molecule has 3 N–H and O–H groups in total. The van der Waals surface area contributed by atoms with Crippen LogP contribution in [0, 0.1) is 17.6 Å². The molecular formula is C25H30F2N4O3. The number of halogens is 2. The highest BCUT2D eigenvalue weighted by molar-refractivity contribution is 6.01. The molecule has 7 nitrogen and oxygen atoms in total. The van der Waals surface area contributed by atoms with E-state index in [9.17, 15) is 23.2 Å². The summed E-state index contributed by atoms with van der Waals surface area (Å²) in [5, 5.41) is 7.98. The van der Waals surface area contributed by atoms with Crippen molar-refractivity contribution in [3.63, 3.8) is 0 Å². The molecule has 0 saturated carbocycles. The normalized spacial score (nSPS) is 14.8. The second-order valence-electron chi connectivity index (χ2n) is 8.69. The van der Waals surface area contributed by atoms with E-state index in [-0.39, 0.29) is 11.9 Å². The second kappa shape index (κ2) is 11.6. The third kappa shape index (κ3) is 6.52. The summed E-state index contributed by atoms with van der Waals surface area (Å²) in [6.45, 7) is 4.89. The summed E-state index contributed by atoms with van der Waals surface area (Å²) in [6, 6.07) is 8.55. The first-order valence-corrected chi connectivity index (χ1v) is 11.5. The van der Waals surface area contributed by atoms with Gasteiger partial charge in [0.25, 0.3) is 5.91 Å². The maximum absolute atomic E-state index is 13.9. The summed E-state index contributed by atoms with van der Waals surface area (Å²) in [7, 11) is 0. The van der Waals surface area contributed by atoms with Crippen molar-refractivity contribution < 1.29 is 23.2 Å². The van der Waals surface area contributed by atoms with E-state index in [1.165, 1.54) is 0 Å². The lowest BCUT2D eigenvalue weighted by Gasteiger charge is -2.22. The smallest absolute Gasteiger partial charge is 0.321 e. The fourth-order valence-electron chi connectivity index (χ4n) is 3.80. The fraction of sp³-hybridized carbons (Fsp3) is 0.400. The highest BCUT2D eigenvalue weighted by atomic mass is 19.1. The monoisotopic (exact) mass is 472 g/mol. The zero-order valence-corrected chi connectivity index (χ0v) is 19.4. The Morgan fingerprint density at radius 2 is 1.35 bits per heavy atom. The fourth-order valence-corrected chi connectivity index (χ4v) is 3.80. The van der Waals surface area contributed by atoms with Crippen LogP contribution in [0.25, 0.3) is 0 Å². The molecule has 0 bridgehead atoms. The molecule has 0 spiro atoms. The average molecular weight is 473 g/mol. The van der Waals surface area contributed by atoms with Crippen LogP contribution in [0.5, 0.6) is 0 Å². The van der Waals surface area contributed by atoms with Gasteiger partial charge in [-0.2, -0.15) is 0 Å². The first-order chi connectivity index (χ1) is 16.3. The minimum Gasteiger partial charge on any atom is -0.340 e. The summed E-state index contributed by atoms with van der Waals surface area (Å²) in [5.74, 6) is -3.88. The van der Waals surface area contributed by atoms with Crippen molar-refractivity contribution in [2.45, 2.75) is 45.6 Å². The molecule has 3 rings (SSSR count). The number of rotatable bonds is 6. The van der Waals surface area contributed by atoms with Gasteiger partial charge >= 0.3 is 6.03 Å². The van der Waals surface area contributed by atoms with Gasteiger partial charge in [0.15, 0.2) is 0 Å². The average Bonchev–Trinajstić information content (AvgIpc) is 3.08. The Morgan fingerprint density at radius 3 is 1.88 bits per heavy atom. The van der Waals surface area contributed by atoms with Gasteiger partial charge in [-0.3, -0.25) is 9.59 Å². The van der Waals surface area contributed by atoms with E-state index >= 15 is 0 Å². The number of likely N-dealkylation sites (tertiary alicyclic amines) is 1. The Kier molecular flexibility index (Phi) is 8.56. The highest BCUT2D eigenvalue weighted by Crippen LogP contribution is 2.18. The van der Waals surface area contributed by atoms with Crippen LogP contribution in [0.4, 0.5) is 25.0 Å². The van der Waals surface area contributed by atoms with Crippen LogP contribution >= 0.6 is 0 Å². The number of urea groups is 1. The predicted octanol–water partition coefficient (Wildman–Crippen LogP) is 4.77. The van der Waals surface area contributed by atoms with Crippen molar-refractivity contribution in [3.05, 3.63) is 59.7 Å². The lowest BCUT2D eigenvalue weighted by Crippen LogP contribution is -2.47. The summed E-state index contributed by atoms with van der Waals surface area (Å²) in [5.41, 5.74) is 0.316. The lowest BCUT2D eigenvalue weighted by molar-refractivity contribution is -0.118. The summed E-state index contributed by atoms with van der Waals surface area (Å²) in [4.78, 5) is 39.5. The molecule has 0 radical (unpaired) electrons. The van der Waals surface area contributed by atoms with Crippen LogP contribution in [0.3, 0.4) is 0 Å². The van der Waals surface area contributed by atoms with Crippen LogP contribution in [0.15, 0.2) is 42.5 Å². The first kappa shape index (κ1) is 25.1. The quantitative estimate of drug-likeness (QED) is 0.566. The molecule has 1 aliphatic rings. The van der Waals surface area contributed by atoms with E-state index < -0.39 is 35.1 Å². The number of nitrogens with zero attached hydrogens (tertiary/aromatic N) is 1. The molecule has 182 valence electrons. The number of hydrogen-bond donors (Lipinski definition) is 3. The molecule has 2 aromatic rings. The molecule has 0 aromatic heterocycles. The van der Waals surface area contributed by atoms with Crippen LogP contribution in [-0.2, 0) is 4.79 Å². The lowest BCUT2D eigenvalue weighted by atomic mass is 10.0. The molecule has 4 amide bonds. The van der Waals surface area contributed by atoms with E-state index in [0.29, 0.717) is 11.4 Å². The number of carbonyl (C=O) groups excluding carboxylic acids is 3. The number of hydrogen-bond acceptors (Lipinski definition) is 3. The second-order valence-corrected chi connectivity index (χ2v) is 8.69. The molecule has 1 saturated heterocycles. The Labute approximate surface area is 197 Å². The van der Waals surface area contributed by atoms with Gasteiger partial charge in [0.2, 0.25) is 5.91 Å². The first-order valence-electron chi connectivity index (χ1n) is 11.5. The molecule has 34 heavy (non-hydrogen) atoms. The van der Waals surface area contributed by atoms with Crippen molar-refractivity contribution in [2.75, 3.05) is 23.7 Å². The van der Waals surface area contributed by atoms with Gasteiger partial charge in [-0.1, -0.05) is 32.8 Å². The topological polar surface area (TPSA) is 90.5 Å². The minimum absolute atomic E-state index is 0.151. The summed E-state index contributed by atoms with van der Waals surface area (Å²) in [6.07, 6.45) is 4.25. The Hall–Kier alpha value is -3.49. The van der Waals surface area contributed by atoms with E-state index in [1.807, 2.05) is 0 Å². The molecule has 1 aliphatic heterocycles. The van der Waals surface area contributed by atoms with Gasteiger partial charge < -0.3 is 20.9 Å². The molecule has 1 fully saturated rings. The van der Waals surface area contributed by atoms with Gasteiger partial charge in [-0.25, -0.2) is 13.6 Å². The van der Waals surface area contributed by atoms with Gasteiger partial charge in [0.1, 0.15) is 23.2 Å². The molecule has 0 unspecified atom stereocenters. The van der Waals surface area contributed by atoms with E-state index in [1.54, 1.807) is 43.0 Å². The molecule has 1 heterocycles. The maximum Gasteiger partial charge on any atom is 0.321 e. The number of carbonyl (C=O) groups is 3. The van der Waals surface area contributed by atoms with E-state index in [0.717, 1.165) is 57.0 Å². The summed E-state index contributed by atoms with van der Waals surface area (Å²) >= 11 is 0. The molecule has 0 aliphatic carbocycles. The Morgan fingerprint density at radius 1 is 0.824 bits per heavy atom. The molecule has 2 aromatic carbocycles. The largest absolute Gasteiger partial charge is 0.340 e. The van der Waals surface area contributed by atoms with Gasteiger partial charge in [-0.15, -0.1) is 0 Å². The third-order valence-corrected chi connectivity index (χ3v) is 5.72. The Bertz CT molecular complexity index is 999. The number of benzene rings is 2. The van der Waals surface area contributed by atoms with Crippen LogP contribution in [0.1, 0.15) is 49.9 Å².